The first-order valence-corrected chi connectivity index (χ1v) is 13.9. The van der Waals surface area contributed by atoms with Crippen LogP contribution in [-0.4, -0.2) is 70.6 Å². The summed E-state index contributed by atoms with van der Waals surface area (Å²) < 4.78 is 25.7. The molecule has 0 spiro atoms. The van der Waals surface area contributed by atoms with Gasteiger partial charge in [0.05, 0.1) is 33.6 Å². The third kappa shape index (κ3) is 5.11. The van der Waals surface area contributed by atoms with Crippen molar-refractivity contribution in [1.29, 1.82) is 0 Å². The van der Waals surface area contributed by atoms with Crippen LogP contribution in [0.2, 0.25) is 0 Å². The van der Waals surface area contributed by atoms with Crippen molar-refractivity contribution in [2.24, 2.45) is 0 Å². The van der Waals surface area contributed by atoms with Crippen molar-refractivity contribution in [1.82, 2.24) is 14.8 Å². The molecule has 3 heterocycles. The van der Waals surface area contributed by atoms with E-state index < -0.39 is 11.8 Å². The summed E-state index contributed by atoms with van der Waals surface area (Å²) in [6.07, 6.45) is 0.946. The highest BCUT2D eigenvalue weighted by Gasteiger charge is 2.46. The van der Waals surface area contributed by atoms with E-state index in [4.69, 9.17) is 9.47 Å². The van der Waals surface area contributed by atoms with Gasteiger partial charge in [-0.15, -0.1) is 11.3 Å². The number of nitrogens with zero attached hydrogens (tertiary/aromatic N) is 3. The lowest BCUT2D eigenvalue weighted by molar-refractivity contribution is -0.256. The Labute approximate surface area is 230 Å². The number of hydrogen-bond acceptors (Lipinski definition) is 7. The predicted molar refractivity (Wildman–Crippen MR) is 144 cm³/mol. The fourth-order valence-corrected chi connectivity index (χ4v) is 6.28. The monoisotopic (exact) mass is 551 g/mol. The number of imide groups is 1. The summed E-state index contributed by atoms with van der Waals surface area (Å²) >= 11 is 1.35. The summed E-state index contributed by atoms with van der Waals surface area (Å²) in [6.45, 7) is 6.49. The quantitative estimate of drug-likeness (QED) is 0.292. The summed E-state index contributed by atoms with van der Waals surface area (Å²) in [6, 6.07) is 12.2. The molecule has 1 saturated heterocycles. The van der Waals surface area contributed by atoms with Gasteiger partial charge >= 0.3 is 0 Å². The van der Waals surface area contributed by atoms with Gasteiger partial charge in [-0.2, -0.15) is 0 Å². The molecule has 39 heavy (non-hydrogen) atoms. The number of fused-ring (bicyclic) bond motifs is 1. The zero-order valence-corrected chi connectivity index (χ0v) is 22.9. The average Bonchev–Trinajstić information content (AvgIpc) is 3.43. The number of rotatable bonds is 8. The molecule has 3 amide bonds. The number of carbonyl (C=O) groups excluding carboxylic acids is 3. The van der Waals surface area contributed by atoms with Gasteiger partial charge in [0.15, 0.2) is 5.79 Å². The minimum Gasteiger partial charge on any atom is -0.348 e. The minimum absolute atomic E-state index is 0.0431. The number of benzene rings is 2. The number of piperidine rings is 1. The van der Waals surface area contributed by atoms with Crippen molar-refractivity contribution < 1.29 is 28.2 Å². The van der Waals surface area contributed by atoms with Crippen LogP contribution in [0.25, 0.3) is 10.4 Å². The Morgan fingerprint density at radius 1 is 1.05 bits per heavy atom. The van der Waals surface area contributed by atoms with Crippen LogP contribution in [0.1, 0.15) is 62.9 Å². The van der Waals surface area contributed by atoms with E-state index in [-0.39, 0.29) is 42.3 Å². The first-order valence-electron chi connectivity index (χ1n) is 13.0. The van der Waals surface area contributed by atoms with Gasteiger partial charge in [0, 0.05) is 26.2 Å². The Morgan fingerprint density at radius 2 is 1.67 bits per heavy atom. The van der Waals surface area contributed by atoms with E-state index >= 15 is 0 Å². The second kappa shape index (κ2) is 11.0. The van der Waals surface area contributed by atoms with E-state index in [1.165, 1.54) is 28.4 Å². The number of hydrogen-bond donors (Lipinski definition) is 0. The number of thiazole rings is 1. The van der Waals surface area contributed by atoms with Gasteiger partial charge in [-0.05, 0) is 57.0 Å². The van der Waals surface area contributed by atoms with Crippen molar-refractivity contribution in [3.63, 3.8) is 0 Å². The maximum atomic E-state index is 14.2. The second-order valence-corrected chi connectivity index (χ2v) is 10.8. The molecule has 2 aliphatic heterocycles. The SMILES string of the molecule is CCOC1(OCC)CCC(CN2C(=O)c3ccccc3C2=O)N(C(=O)c2nc(C)sc2-c2ccc(F)cc2)C1. The van der Waals surface area contributed by atoms with E-state index in [1.54, 1.807) is 41.3 Å². The molecular formula is C29H30FN3O5S. The van der Waals surface area contributed by atoms with Crippen LogP contribution >= 0.6 is 11.3 Å². The maximum absolute atomic E-state index is 14.2. The van der Waals surface area contributed by atoms with Crippen molar-refractivity contribution in [2.75, 3.05) is 26.3 Å². The predicted octanol–water partition coefficient (Wildman–Crippen LogP) is 4.93. The first kappa shape index (κ1) is 27.1. The molecule has 8 nitrogen and oxygen atoms in total. The van der Waals surface area contributed by atoms with Crippen LogP contribution < -0.4 is 0 Å². The van der Waals surface area contributed by atoms with E-state index in [0.717, 1.165) is 0 Å². The number of carbonyl (C=O) groups is 3. The van der Waals surface area contributed by atoms with Crippen LogP contribution in [0.5, 0.6) is 0 Å². The summed E-state index contributed by atoms with van der Waals surface area (Å²) in [7, 11) is 0. The largest absolute Gasteiger partial charge is 0.348 e. The average molecular weight is 552 g/mol. The van der Waals surface area contributed by atoms with Gasteiger partial charge in [0.1, 0.15) is 11.5 Å². The van der Waals surface area contributed by atoms with Gasteiger partial charge < -0.3 is 14.4 Å². The van der Waals surface area contributed by atoms with E-state index in [9.17, 15) is 18.8 Å². The number of amides is 3. The van der Waals surface area contributed by atoms with Crippen molar-refractivity contribution in [3.05, 3.63) is 76.2 Å². The molecular weight excluding hydrogens is 521 g/mol. The van der Waals surface area contributed by atoms with Gasteiger partial charge in [0.25, 0.3) is 17.7 Å². The molecule has 10 heteroatoms. The summed E-state index contributed by atoms with van der Waals surface area (Å²) in [5.41, 5.74) is 1.64. The Bertz CT molecular complexity index is 1370. The Morgan fingerprint density at radius 3 is 2.26 bits per heavy atom. The Balaban J connectivity index is 1.50. The lowest BCUT2D eigenvalue weighted by atomic mass is 9.95. The molecule has 2 aromatic carbocycles. The zero-order chi connectivity index (χ0) is 27.7. The number of aromatic nitrogens is 1. The lowest BCUT2D eigenvalue weighted by Crippen LogP contribution is -2.60. The highest BCUT2D eigenvalue weighted by molar-refractivity contribution is 7.15. The maximum Gasteiger partial charge on any atom is 0.274 e. The summed E-state index contributed by atoms with van der Waals surface area (Å²) in [5, 5.41) is 0.687. The van der Waals surface area contributed by atoms with Crippen LogP contribution in [-0.2, 0) is 9.47 Å². The summed E-state index contributed by atoms with van der Waals surface area (Å²) in [5.74, 6) is -2.48. The molecule has 1 fully saturated rings. The molecule has 204 valence electrons. The van der Waals surface area contributed by atoms with Crippen LogP contribution in [0.3, 0.4) is 0 Å². The number of aryl methyl sites for hydroxylation is 1. The molecule has 2 aliphatic rings. The zero-order valence-electron chi connectivity index (χ0n) is 22.1. The summed E-state index contributed by atoms with van der Waals surface area (Å²) in [4.78, 5) is 48.5. The normalized spacial score (nSPS) is 18.5. The Hall–Kier alpha value is -3.47. The molecule has 5 rings (SSSR count). The molecule has 0 saturated carbocycles. The molecule has 1 unspecified atom stereocenters. The molecule has 0 radical (unpaired) electrons. The minimum atomic E-state index is -1.02. The molecule has 0 bridgehead atoms. The smallest absolute Gasteiger partial charge is 0.274 e. The van der Waals surface area contributed by atoms with E-state index in [0.29, 0.717) is 52.6 Å². The van der Waals surface area contributed by atoms with Gasteiger partial charge in [-0.1, -0.05) is 24.3 Å². The highest BCUT2D eigenvalue weighted by atomic mass is 32.1. The number of ether oxygens (including phenoxy) is 2. The topological polar surface area (TPSA) is 89.0 Å². The third-order valence-corrected chi connectivity index (χ3v) is 8.12. The van der Waals surface area contributed by atoms with Crippen LogP contribution in [0, 0.1) is 12.7 Å². The van der Waals surface area contributed by atoms with Crippen molar-refractivity contribution >= 4 is 29.1 Å². The van der Waals surface area contributed by atoms with Crippen LogP contribution in [0.4, 0.5) is 4.39 Å². The molecule has 1 atom stereocenters. The Kier molecular flexibility index (Phi) is 7.61. The van der Waals surface area contributed by atoms with Gasteiger partial charge in [0.2, 0.25) is 0 Å². The van der Waals surface area contributed by atoms with Crippen molar-refractivity contribution in [3.8, 4) is 10.4 Å². The molecule has 0 N–H and O–H groups in total. The molecule has 1 aromatic heterocycles. The third-order valence-electron chi connectivity index (χ3n) is 7.10. The fourth-order valence-electron chi connectivity index (χ4n) is 5.36. The molecule has 0 aliphatic carbocycles. The second-order valence-electron chi connectivity index (χ2n) is 9.59. The van der Waals surface area contributed by atoms with Gasteiger partial charge in [-0.3, -0.25) is 19.3 Å². The van der Waals surface area contributed by atoms with Crippen LogP contribution in [0.15, 0.2) is 48.5 Å². The van der Waals surface area contributed by atoms with Crippen molar-refractivity contribution in [2.45, 2.75) is 45.4 Å². The number of halogens is 1. The standard InChI is InChI=1S/C29H30FN3O5S/c1-4-37-29(38-5-2)15-14-21(16-32-26(34)22-8-6-7-9-23(22)27(32)35)33(17-29)28(36)24-25(39-18(3)31-24)19-10-12-20(30)13-11-19/h6-13,21H,4-5,14-17H2,1-3H3. The number of likely N-dealkylation sites (tertiary alicyclic amines) is 1. The van der Waals surface area contributed by atoms with E-state index in [2.05, 4.69) is 4.98 Å². The first-order chi connectivity index (χ1) is 18.8. The fraction of sp³-hybridized carbons (Fsp3) is 0.379. The van der Waals surface area contributed by atoms with Gasteiger partial charge in [-0.25, -0.2) is 9.37 Å². The highest BCUT2D eigenvalue weighted by Crippen LogP contribution is 2.36. The molecule has 3 aromatic rings. The lowest BCUT2D eigenvalue weighted by Gasteiger charge is -2.46. The van der Waals surface area contributed by atoms with E-state index in [1.807, 2.05) is 20.8 Å².